The van der Waals surface area contributed by atoms with E-state index < -0.39 is 12.0 Å². The van der Waals surface area contributed by atoms with Crippen LogP contribution in [0.15, 0.2) is 21.9 Å². The van der Waals surface area contributed by atoms with Crippen LogP contribution in [0.1, 0.15) is 31.7 Å². The topological polar surface area (TPSA) is 92.4 Å². The van der Waals surface area contributed by atoms with E-state index in [2.05, 4.69) is 10.3 Å². The summed E-state index contributed by atoms with van der Waals surface area (Å²) in [6.45, 7) is 5.44. The third-order valence-corrected chi connectivity index (χ3v) is 4.61. The maximum Gasteiger partial charge on any atom is 0.326 e. The van der Waals surface area contributed by atoms with Gasteiger partial charge in [-0.2, -0.15) is 0 Å². The number of amides is 1. The van der Waals surface area contributed by atoms with Crippen LogP contribution in [-0.4, -0.2) is 28.0 Å². The highest BCUT2D eigenvalue weighted by atomic mass is 32.1. The Bertz CT molecular complexity index is 678. The van der Waals surface area contributed by atoms with Gasteiger partial charge in [-0.1, -0.05) is 26.3 Å². The molecule has 0 aliphatic rings. The standard InChI is InChI=1S/C16H20N2O4S/c1-4-9(2)14(16(20)21)18-13(19)8-11-10(3)22-15(17-11)12-6-5-7-23-12/h5-7,9,14H,4,8H2,1-3H3,(H,18,19)(H,20,21). The number of hydrogen-bond acceptors (Lipinski definition) is 5. The summed E-state index contributed by atoms with van der Waals surface area (Å²) in [6.07, 6.45) is 0.670. The van der Waals surface area contributed by atoms with Crippen LogP contribution in [0.4, 0.5) is 0 Å². The zero-order valence-electron chi connectivity index (χ0n) is 13.3. The van der Waals surface area contributed by atoms with Gasteiger partial charge in [0.1, 0.15) is 11.8 Å². The van der Waals surface area contributed by atoms with Crippen LogP contribution in [0.5, 0.6) is 0 Å². The van der Waals surface area contributed by atoms with E-state index in [1.807, 2.05) is 24.4 Å². The summed E-state index contributed by atoms with van der Waals surface area (Å²) in [5, 5.41) is 13.7. The van der Waals surface area contributed by atoms with Crippen molar-refractivity contribution in [3.05, 3.63) is 29.0 Å². The first-order chi connectivity index (χ1) is 10.9. The average Bonchev–Trinajstić information content (AvgIpc) is 3.14. The highest BCUT2D eigenvalue weighted by Crippen LogP contribution is 2.26. The predicted octanol–water partition coefficient (Wildman–Crippen LogP) is 2.87. The number of aliphatic carboxylic acids is 1. The number of carboxylic acids is 1. The van der Waals surface area contributed by atoms with Crippen molar-refractivity contribution in [3.63, 3.8) is 0 Å². The fourth-order valence-corrected chi connectivity index (χ4v) is 2.81. The minimum Gasteiger partial charge on any atom is -0.480 e. The van der Waals surface area contributed by atoms with Crippen LogP contribution >= 0.6 is 11.3 Å². The lowest BCUT2D eigenvalue weighted by molar-refractivity contribution is -0.143. The molecule has 6 nitrogen and oxygen atoms in total. The third kappa shape index (κ3) is 4.19. The van der Waals surface area contributed by atoms with Gasteiger partial charge in [0, 0.05) is 0 Å². The molecule has 7 heteroatoms. The first kappa shape index (κ1) is 17.2. The number of thiophene rings is 1. The van der Waals surface area contributed by atoms with E-state index in [0.29, 0.717) is 23.8 Å². The van der Waals surface area contributed by atoms with E-state index >= 15 is 0 Å². The Morgan fingerprint density at radius 3 is 2.78 bits per heavy atom. The van der Waals surface area contributed by atoms with E-state index in [0.717, 1.165) is 4.88 Å². The van der Waals surface area contributed by atoms with Crippen LogP contribution in [0.25, 0.3) is 10.8 Å². The second kappa shape index (κ2) is 7.41. The van der Waals surface area contributed by atoms with Crippen molar-refractivity contribution in [2.45, 2.75) is 39.7 Å². The molecule has 0 fully saturated rings. The summed E-state index contributed by atoms with van der Waals surface area (Å²) in [4.78, 5) is 28.6. The Morgan fingerprint density at radius 1 is 1.48 bits per heavy atom. The summed E-state index contributed by atoms with van der Waals surface area (Å²) >= 11 is 1.50. The molecule has 124 valence electrons. The molecule has 0 aliphatic carbocycles. The molecule has 2 heterocycles. The number of aromatic nitrogens is 1. The van der Waals surface area contributed by atoms with Crippen LogP contribution in [0, 0.1) is 12.8 Å². The number of hydrogen-bond donors (Lipinski definition) is 2. The van der Waals surface area contributed by atoms with Crippen molar-refractivity contribution >= 4 is 23.2 Å². The number of carbonyl (C=O) groups is 2. The van der Waals surface area contributed by atoms with Crippen LogP contribution in [0.3, 0.4) is 0 Å². The van der Waals surface area contributed by atoms with E-state index in [1.165, 1.54) is 11.3 Å². The normalized spacial score (nSPS) is 13.5. The van der Waals surface area contributed by atoms with E-state index in [1.54, 1.807) is 13.8 Å². The molecule has 2 N–H and O–H groups in total. The minimum absolute atomic E-state index is 0.000916. The summed E-state index contributed by atoms with van der Waals surface area (Å²) in [5.41, 5.74) is 0.527. The molecule has 2 unspecified atom stereocenters. The zero-order chi connectivity index (χ0) is 17.0. The molecule has 0 aliphatic heterocycles. The van der Waals surface area contributed by atoms with Crippen molar-refractivity contribution in [2.75, 3.05) is 0 Å². The average molecular weight is 336 g/mol. The first-order valence-corrected chi connectivity index (χ1v) is 8.32. The van der Waals surface area contributed by atoms with Gasteiger partial charge in [0.25, 0.3) is 0 Å². The fourth-order valence-electron chi connectivity index (χ4n) is 2.16. The van der Waals surface area contributed by atoms with Crippen molar-refractivity contribution in [2.24, 2.45) is 5.92 Å². The largest absolute Gasteiger partial charge is 0.480 e. The molecule has 0 saturated carbocycles. The van der Waals surface area contributed by atoms with Gasteiger partial charge in [-0.05, 0) is 24.3 Å². The van der Waals surface area contributed by atoms with Gasteiger partial charge in [-0.25, -0.2) is 9.78 Å². The second-order valence-electron chi connectivity index (χ2n) is 5.44. The SMILES string of the molecule is CCC(C)C(NC(=O)Cc1nc(-c2cccs2)oc1C)C(=O)O. The van der Waals surface area contributed by atoms with Crippen LogP contribution < -0.4 is 5.32 Å². The maximum atomic E-state index is 12.1. The molecule has 0 bridgehead atoms. The Balaban J connectivity index is 2.07. The van der Waals surface area contributed by atoms with Crippen LogP contribution in [-0.2, 0) is 16.0 Å². The molecule has 1 amide bonds. The lowest BCUT2D eigenvalue weighted by Crippen LogP contribution is -2.45. The number of nitrogens with zero attached hydrogens (tertiary/aromatic N) is 1. The number of carbonyl (C=O) groups excluding carboxylic acids is 1. The van der Waals surface area contributed by atoms with Gasteiger partial charge in [-0.15, -0.1) is 11.3 Å². The van der Waals surface area contributed by atoms with Crippen molar-refractivity contribution < 1.29 is 19.1 Å². The molecule has 0 spiro atoms. The lowest BCUT2D eigenvalue weighted by Gasteiger charge is -2.19. The van der Waals surface area contributed by atoms with Crippen molar-refractivity contribution in [1.82, 2.24) is 10.3 Å². The van der Waals surface area contributed by atoms with E-state index in [-0.39, 0.29) is 18.2 Å². The summed E-state index contributed by atoms with van der Waals surface area (Å²) in [5.74, 6) is -0.483. The predicted molar refractivity (Wildman–Crippen MR) is 87.3 cm³/mol. The van der Waals surface area contributed by atoms with Gasteiger partial charge in [0.05, 0.1) is 17.0 Å². The van der Waals surface area contributed by atoms with Gasteiger partial charge in [-0.3, -0.25) is 4.79 Å². The molecule has 0 saturated heterocycles. The number of nitrogens with one attached hydrogen (secondary N) is 1. The molecule has 2 rings (SSSR count). The van der Waals surface area contributed by atoms with Gasteiger partial charge in [0.15, 0.2) is 0 Å². The van der Waals surface area contributed by atoms with Gasteiger partial charge < -0.3 is 14.8 Å². The Morgan fingerprint density at radius 2 is 2.22 bits per heavy atom. The van der Waals surface area contributed by atoms with Gasteiger partial charge in [0.2, 0.25) is 11.8 Å². The van der Waals surface area contributed by atoms with Crippen molar-refractivity contribution in [1.29, 1.82) is 0 Å². The molecular weight excluding hydrogens is 316 g/mol. The Labute approximate surface area is 138 Å². The van der Waals surface area contributed by atoms with E-state index in [4.69, 9.17) is 4.42 Å². The maximum absolute atomic E-state index is 12.1. The summed E-state index contributed by atoms with van der Waals surface area (Å²) < 4.78 is 5.58. The minimum atomic E-state index is -1.02. The third-order valence-electron chi connectivity index (χ3n) is 3.75. The number of rotatable bonds is 7. The highest BCUT2D eigenvalue weighted by molar-refractivity contribution is 7.13. The molecule has 0 radical (unpaired) electrons. The smallest absolute Gasteiger partial charge is 0.326 e. The lowest BCUT2D eigenvalue weighted by atomic mass is 9.99. The molecule has 2 aromatic heterocycles. The van der Waals surface area contributed by atoms with Crippen LogP contribution in [0.2, 0.25) is 0 Å². The first-order valence-electron chi connectivity index (χ1n) is 7.44. The monoisotopic (exact) mass is 336 g/mol. The van der Waals surface area contributed by atoms with Crippen molar-refractivity contribution in [3.8, 4) is 10.8 Å². The summed E-state index contributed by atoms with van der Waals surface area (Å²) in [7, 11) is 0. The second-order valence-corrected chi connectivity index (χ2v) is 6.39. The molecule has 2 aromatic rings. The Hall–Kier alpha value is -2.15. The number of oxazole rings is 1. The van der Waals surface area contributed by atoms with Gasteiger partial charge >= 0.3 is 5.97 Å². The molecule has 23 heavy (non-hydrogen) atoms. The zero-order valence-corrected chi connectivity index (χ0v) is 14.1. The fraction of sp³-hybridized carbons (Fsp3) is 0.438. The molecule has 0 aromatic carbocycles. The Kier molecular flexibility index (Phi) is 5.54. The summed E-state index contributed by atoms with van der Waals surface area (Å²) in [6, 6.07) is 2.90. The molecular formula is C16H20N2O4S. The number of aryl methyl sites for hydroxylation is 1. The highest BCUT2D eigenvalue weighted by Gasteiger charge is 2.26. The van der Waals surface area contributed by atoms with E-state index in [9.17, 15) is 14.7 Å². The quantitative estimate of drug-likeness (QED) is 0.811. The number of carboxylic acid groups (broad SMARTS) is 1. The molecule has 2 atom stereocenters.